The Morgan fingerprint density at radius 1 is 1.29 bits per heavy atom. The molecule has 1 amide bonds. The van der Waals surface area contributed by atoms with E-state index in [9.17, 15) is 9.90 Å². The fourth-order valence-corrected chi connectivity index (χ4v) is 4.11. The maximum absolute atomic E-state index is 13.0. The molecule has 6 heteroatoms. The number of para-hydroxylation sites is 2. The highest BCUT2D eigenvalue weighted by molar-refractivity contribution is 5.78. The number of aromatic nitrogens is 2. The van der Waals surface area contributed by atoms with Gasteiger partial charge in [0.15, 0.2) is 0 Å². The van der Waals surface area contributed by atoms with E-state index in [1.165, 1.54) is 5.56 Å². The van der Waals surface area contributed by atoms with E-state index < -0.39 is 0 Å². The fraction of sp³-hybridized carbons (Fsp3) is 0.364. The van der Waals surface area contributed by atoms with Crippen molar-refractivity contribution < 1.29 is 14.6 Å². The molecular weight excluding hydrogens is 354 g/mol. The fourth-order valence-electron chi connectivity index (χ4n) is 4.11. The SMILES string of the molecule is COc1ccc2c(c1)[C@H](C)N(C(=O)CCn1c(CO)nc3ccccc31)CC2. The molecule has 1 aliphatic heterocycles. The minimum Gasteiger partial charge on any atom is -0.497 e. The van der Waals surface area contributed by atoms with E-state index in [-0.39, 0.29) is 18.6 Å². The van der Waals surface area contributed by atoms with Crippen LogP contribution in [0, 0.1) is 0 Å². The summed E-state index contributed by atoms with van der Waals surface area (Å²) in [6, 6.07) is 13.9. The third-order valence-corrected chi connectivity index (χ3v) is 5.64. The Morgan fingerprint density at radius 2 is 2.11 bits per heavy atom. The van der Waals surface area contributed by atoms with Gasteiger partial charge < -0.3 is 19.3 Å². The summed E-state index contributed by atoms with van der Waals surface area (Å²) in [6.45, 7) is 3.15. The van der Waals surface area contributed by atoms with Crippen molar-refractivity contribution in [2.75, 3.05) is 13.7 Å². The number of hydrogen-bond acceptors (Lipinski definition) is 4. The van der Waals surface area contributed by atoms with E-state index >= 15 is 0 Å². The molecule has 0 fully saturated rings. The zero-order valence-electron chi connectivity index (χ0n) is 16.3. The van der Waals surface area contributed by atoms with Crippen molar-refractivity contribution in [1.82, 2.24) is 14.5 Å². The number of carbonyl (C=O) groups excluding carboxylic acids is 1. The molecule has 3 aromatic rings. The number of methoxy groups -OCH3 is 1. The number of rotatable bonds is 5. The number of carbonyl (C=O) groups is 1. The van der Waals surface area contributed by atoms with Crippen LogP contribution >= 0.6 is 0 Å². The molecule has 1 aromatic heterocycles. The van der Waals surface area contributed by atoms with Crippen molar-refractivity contribution in [2.24, 2.45) is 0 Å². The van der Waals surface area contributed by atoms with Gasteiger partial charge in [-0.25, -0.2) is 4.98 Å². The van der Waals surface area contributed by atoms with Gasteiger partial charge in [0.25, 0.3) is 0 Å². The largest absolute Gasteiger partial charge is 0.497 e. The molecule has 0 spiro atoms. The second-order valence-electron chi connectivity index (χ2n) is 7.15. The van der Waals surface area contributed by atoms with Crippen LogP contribution in [0.3, 0.4) is 0 Å². The topological polar surface area (TPSA) is 67.6 Å². The van der Waals surface area contributed by atoms with E-state index in [0.717, 1.165) is 35.3 Å². The van der Waals surface area contributed by atoms with E-state index in [2.05, 4.69) is 18.0 Å². The molecule has 0 bridgehead atoms. The first kappa shape index (κ1) is 18.5. The maximum atomic E-state index is 13.0. The molecule has 6 nitrogen and oxygen atoms in total. The van der Waals surface area contributed by atoms with Gasteiger partial charge in [-0.05, 0) is 48.7 Å². The van der Waals surface area contributed by atoms with Gasteiger partial charge in [-0.15, -0.1) is 0 Å². The van der Waals surface area contributed by atoms with Crippen molar-refractivity contribution in [1.29, 1.82) is 0 Å². The molecular formula is C22H25N3O3. The molecule has 2 aromatic carbocycles. The molecule has 0 saturated heterocycles. The van der Waals surface area contributed by atoms with Crippen LogP contribution in [0.15, 0.2) is 42.5 Å². The standard InChI is InChI=1S/C22H25N3O3/c1-15-18-13-17(28-2)8-7-16(18)9-11-24(15)22(27)10-12-25-20-6-4-3-5-19(20)23-21(25)14-26/h3-8,13,15,26H,9-12,14H2,1-2H3/t15-/m0/s1. The summed E-state index contributed by atoms with van der Waals surface area (Å²) in [5, 5.41) is 9.64. The molecule has 1 N–H and O–H groups in total. The summed E-state index contributed by atoms with van der Waals surface area (Å²) in [6.07, 6.45) is 1.22. The predicted octanol–water partition coefficient (Wildman–Crippen LogP) is 3.07. The van der Waals surface area contributed by atoms with Crippen molar-refractivity contribution >= 4 is 16.9 Å². The lowest BCUT2D eigenvalue weighted by molar-refractivity contribution is -0.134. The molecule has 0 saturated carbocycles. The van der Waals surface area contributed by atoms with Crippen LogP contribution in [0.2, 0.25) is 0 Å². The second kappa shape index (κ2) is 7.64. The summed E-state index contributed by atoms with van der Waals surface area (Å²) >= 11 is 0. The van der Waals surface area contributed by atoms with Crippen LogP contribution in [0.5, 0.6) is 5.75 Å². The Kier molecular flexibility index (Phi) is 5.05. The van der Waals surface area contributed by atoms with Crippen LogP contribution in [-0.2, 0) is 24.4 Å². The third kappa shape index (κ3) is 3.24. The van der Waals surface area contributed by atoms with Gasteiger partial charge in [-0.2, -0.15) is 0 Å². The molecule has 28 heavy (non-hydrogen) atoms. The molecule has 4 rings (SSSR count). The lowest BCUT2D eigenvalue weighted by Crippen LogP contribution is -2.39. The summed E-state index contributed by atoms with van der Waals surface area (Å²) in [7, 11) is 1.66. The number of amides is 1. The Morgan fingerprint density at radius 3 is 2.89 bits per heavy atom. The van der Waals surface area contributed by atoms with E-state index in [0.29, 0.717) is 18.8 Å². The number of aryl methyl sites for hydroxylation is 1. The van der Waals surface area contributed by atoms with Gasteiger partial charge in [0.05, 0.1) is 24.2 Å². The maximum Gasteiger partial charge on any atom is 0.224 e. The lowest BCUT2D eigenvalue weighted by atomic mass is 9.93. The summed E-state index contributed by atoms with van der Waals surface area (Å²) in [4.78, 5) is 19.4. The monoisotopic (exact) mass is 379 g/mol. The van der Waals surface area contributed by atoms with Gasteiger partial charge in [0, 0.05) is 19.5 Å². The molecule has 1 aliphatic rings. The number of aliphatic hydroxyl groups is 1. The molecule has 1 atom stereocenters. The smallest absolute Gasteiger partial charge is 0.224 e. The average Bonchev–Trinajstić information content (AvgIpc) is 3.10. The van der Waals surface area contributed by atoms with Gasteiger partial charge >= 0.3 is 0 Å². The molecule has 2 heterocycles. The molecule has 146 valence electrons. The van der Waals surface area contributed by atoms with E-state index in [1.807, 2.05) is 45.9 Å². The van der Waals surface area contributed by atoms with Crippen LogP contribution < -0.4 is 4.74 Å². The number of nitrogens with zero attached hydrogens (tertiary/aromatic N) is 3. The first-order valence-electron chi connectivity index (χ1n) is 9.63. The molecule has 0 aliphatic carbocycles. The lowest BCUT2D eigenvalue weighted by Gasteiger charge is -2.35. The van der Waals surface area contributed by atoms with Crippen molar-refractivity contribution in [3.05, 3.63) is 59.4 Å². The Bertz CT molecular complexity index is 1010. The van der Waals surface area contributed by atoms with Gasteiger partial charge in [0.1, 0.15) is 18.2 Å². The average molecular weight is 379 g/mol. The van der Waals surface area contributed by atoms with Crippen molar-refractivity contribution in [2.45, 2.75) is 39.0 Å². The van der Waals surface area contributed by atoms with Crippen LogP contribution in [0.4, 0.5) is 0 Å². The minimum absolute atomic E-state index is 0.0168. The first-order valence-corrected chi connectivity index (χ1v) is 9.63. The number of imidazole rings is 1. The number of ether oxygens (including phenoxy) is 1. The van der Waals surface area contributed by atoms with E-state index in [4.69, 9.17) is 4.74 Å². The molecule has 0 radical (unpaired) electrons. The molecule has 0 unspecified atom stereocenters. The van der Waals surface area contributed by atoms with Gasteiger partial charge in [0.2, 0.25) is 5.91 Å². The first-order chi connectivity index (χ1) is 13.6. The van der Waals surface area contributed by atoms with Crippen LogP contribution in [0.1, 0.15) is 36.3 Å². The summed E-state index contributed by atoms with van der Waals surface area (Å²) in [5.41, 5.74) is 4.22. The van der Waals surface area contributed by atoms with Crippen molar-refractivity contribution in [3.63, 3.8) is 0 Å². The highest BCUT2D eigenvalue weighted by Crippen LogP contribution is 2.32. The van der Waals surface area contributed by atoms with Gasteiger partial charge in [-0.1, -0.05) is 18.2 Å². The quantitative estimate of drug-likeness (QED) is 0.740. The number of fused-ring (bicyclic) bond motifs is 2. The van der Waals surface area contributed by atoms with E-state index in [1.54, 1.807) is 7.11 Å². The number of aliphatic hydroxyl groups excluding tert-OH is 1. The summed E-state index contributed by atoms with van der Waals surface area (Å²) in [5.74, 6) is 1.52. The zero-order valence-corrected chi connectivity index (χ0v) is 16.3. The van der Waals surface area contributed by atoms with Gasteiger partial charge in [-0.3, -0.25) is 4.79 Å². The third-order valence-electron chi connectivity index (χ3n) is 5.64. The highest BCUT2D eigenvalue weighted by Gasteiger charge is 2.28. The predicted molar refractivity (Wildman–Crippen MR) is 107 cm³/mol. The van der Waals surface area contributed by atoms with Crippen molar-refractivity contribution in [3.8, 4) is 5.75 Å². The van der Waals surface area contributed by atoms with Crippen LogP contribution in [0.25, 0.3) is 11.0 Å². The second-order valence-corrected chi connectivity index (χ2v) is 7.15. The Hall–Kier alpha value is -2.86. The summed E-state index contributed by atoms with van der Waals surface area (Å²) < 4.78 is 7.29. The Labute approximate surface area is 164 Å². The Balaban J connectivity index is 1.52. The normalized spacial score (nSPS) is 16.2. The number of hydrogen-bond donors (Lipinski definition) is 1. The highest BCUT2D eigenvalue weighted by atomic mass is 16.5. The van der Waals surface area contributed by atoms with Crippen LogP contribution in [-0.4, -0.2) is 39.1 Å². The number of benzene rings is 2. The minimum atomic E-state index is -0.143. The zero-order chi connectivity index (χ0) is 19.7.